The lowest BCUT2D eigenvalue weighted by Crippen LogP contribution is -2.57. The van der Waals surface area contributed by atoms with Crippen molar-refractivity contribution in [3.8, 4) is 0 Å². The molecule has 4 atom stereocenters. The highest BCUT2D eigenvalue weighted by Gasteiger charge is 2.52. The maximum absolute atomic E-state index is 13.5. The molecule has 3 amide bonds. The molecule has 2 aliphatic heterocycles. The molecule has 1 aliphatic carbocycles. The van der Waals surface area contributed by atoms with E-state index in [0.717, 1.165) is 37.2 Å². The van der Waals surface area contributed by atoms with Crippen molar-refractivity contribution in [3.63, 3.8) is 0 Å². The number of likely N-dealkylation sites (tertiary alicyclic amines) is 1. The number of aliphatic hydroxyl groups is 1. The van der Waals surface area contributed by atoms with Crippen LogP contribution in [0.25, 0.3) is 0 Å². The van der Waals surface area contributed by atoms with Gasteiger partial charge in [-0.05, 0) is 25.2 Å². The Kier molecular flexibility index (Phi) is 10.1. The van der Waals surface area contributed by atoms with Crippen molar-refractivity contribution < 1.29 is 24.3 Å². The van der Waals surface area contributed by atoms with E-state index in [1.807, 2.05) is 6.92 Å². The zero-order chi connectivity index (χ0) is 24.7. The van der Waals surface area contributed by atoms with Gasteiger partial charge in [0.2, 0.25) is 11.8 Å². The second kappa shape index (κ2) is 12.6. The molecule has 0 aromatic carbocycles. The predicted molar refractivity (Wildman–Crippen MR) is 134 cm³/mol. The number of nitrogens with zero attached hydrogens (tertiary/aromatic N) is 1. The molecule has 2 saturated heterocycles. The Hall–Kier alpha value is -1.30. The van der Waals surface area contributed by atoms with Gasteiger partial charge in [-0.1, -0.05) is 32.6 Å². The molecule has 3 aliphatic rings. The summed E-state index contributed by atoms with van der Waals surface area (Å²) in [4.78, 5) is 51.4. The van der Waals surface area contributed by atoms with E-state index < -0.39 is 30.1 Å². The molecule has 0 aromatic heterocycles. The van der Waals surface area contributed by atoms with E-state index in [1.54, 1.807) is 28.4 Å². The number of nitrogens with one attached hydrogen (secondary N) is 2. The molecular formula is C23H38N4O5S2. The zero-order valence-electron chi connectivity index (χ0n) is 19.9. The summed E-state index contributed by atoms with van der Waals surface area (Å²) in [6, 6.07) is -2.12. The summed E-state index contributed by atoms with van der Waals surface area (Å²) in [6.07, 6.45) is 5.79. The van der Waals surface area contributed by atoms with Crippen LogP contribution in [0.3, 0.4) is 0 Å². The highest BCUT2D eigenvalue weighted by molar-refractivity contribution is 8.21. The van der Waals surface area contributed by atoms with Crippen LogP contribution in [-0.2, 0) is 19.2 Å². The van der Waals surface area contributed by atoms with Gasteiger partial charge in [-0.2, -0.15) is 0 Å². The van der Waals surface area contributed by atoms with Gasteiger partial charge >= 0.3 is 0 Å². The number of hydrogen-bond acceptors (Lipinski definition) is 8. The third-order valence-corrected chi connectivity index (χ3v) is 10.5. The van der Waals surface area contributed by atoms with Crippen LogP contribution in [0.5, 0.6) is 0 Å². The molecule has 34 heavy (non-hydrogen) atoms. The molecule has 3 fully saturated rings. The van der Waals surface area contributed by atoms with E-state index in [-0.39, 0.29) is 28.4 Å². The van der Waals surface area contributed by atoms with E-state index in [2.05, 4.69) is 10.6 Å². The SMILES string of the molecule is CCCC(NC(=O)[C@@H]1CC2(CN1C(=O)C(N)C1CCCCC1)SCCS2)C(O)C(=O)NCC=O. The molecule has 0 radical (unpaired) electrons. The predicted octanol–water partition coefficient (Wildman–Crippen LogP) is 0.632. The molecule has 0 bridgehead atoms. The maximum Gasteiger partial charge on any atom is 0.251 e. The number of nitrogens with two attached hydrogens (primary N) is 1. The fourth-order valence-corrected chi connectivity index (χ4v) is 8.48. The van der Waals surface area contributed by atoms with Crippen molar-refractivity contribution in [3.05, 3.63) is 0 Å². The lowest BCUT2D eigenvalue weighted by atomic mass is 9.83. The fourth-order valence-electron chi connectivity index (χ4n) is 5.23. The third-order valence-electron chi connectivity index (χ3n) is 7.07. The van der Waals surface area contributed by atoms with E-state index in [1.165, 1.54) is 6.42 Å². The molecule has 9 nitrogen and oxygen atoms in total. The first-order valence-electron chi connectivity index (χ1n) is 12.4. The molecule has 1 saturated carbocycles. The van der Waals surface area contributed by atoms with Gasteiger partial charge in [0, 0.05) is 24.5 Å². The Morgan fingerprint density at radius 3 is 2.50 bits per heavy atom. The first-order chi connectivity index (χ1) is 16.3. The van der Waals surface area contributed by atoms with Crippen LogP contribution in [0.4, 0.5) is 0 Å². The monoisotopic (exact) mass is 514 g/mol. The van der Waals surface area contributed by atoms with Crippen molar-refractivity contribution in [1.29, 1.82) is 0 Å². The summed E-state index contributed by atoms with van der Waals surface area (Å²) < 4.78 is -0.218. The molecule has 3 rings (SSSR count). The summed E-state index contributed by atoms with van der Waals surface area (Å²) in [7, 11) is 0. The third kappa shape index (κ3) is 6.47. The van der Waals surface area contributed by atoms with Crippen LogP contribution < -0.4 is 16.4 Å². The number of carbonyl (C=O) groups excluding carboxylic acids is 4. The lowest BCUT2D eigenvalue weighted by Gasteiger charge is -2.33. The summed E-state index contributed by atoms with van der Waals surface area (Å²) in [5, 5.41) is 15.7. The number of aldehydes is 1. The largest absolute Gasteiger partial charge is 0.381 e. The van der Waals surface area contributed by atoms with E-state index in [9.17, 15) is 24.3 Å². The molecule has 5 N–H and O–H groups in total. The molecule has 11 heteroatoms. The first kappa shape index (κ1) is 27.3. The zero-order valence-corrected chi connectivity index (χ0v) is 21.5. The minimum atomic E-state index is -1.48. The summed E-state index contributed by atoms with van der Waals surface area (Å²) in [6.45, 7) is 2.16. The van der Waals surface area contributed by atoms with Gasteiger partial charge in [0.1, 0.15) is 12.3 Å². The van der Waals surface area contributed by atoms with Crippen LogP contribution in [0.15, 0.2) is 0 Å². The molecular weight excluding hydrogens is 476 g/mol. The van der Waals surface area contributed by atoms with Crippen LogP contribution in [0.1, 0.15) is 58.3 Å². The fraction of sp³-hybridized carbons (Fsp3) is 0.826. The van der Waals surface area contributed by atoms with E-state index in [4.69, 9.17) is 5.73 Å². The first-order valence-corrected chi connectivity index (χ1v) is 14.3. The molecule has 0 aromatic rings. The van der Waals surface area contributed by atoms with Crippen LogP contribution in [0, 0.1) is 5.92 Å². The minimum Gasteiger partial charge on any atom is -0.381 e. The molecule has 2 heterocycles. The quantitative estimate of drug-likeness (QED) is 0.311. The van der Waals surface area contributed by atoms with Gasteiger partial charge in [0.05, 0.1) is 22.7 Å². The Balaban J connectivity index is 1.74. The van der Waals surface area contributed by atoms with Crippen LogP contribution in [0.2, 0.25) is 0 Å². The van der Waals surface area contributed by atoms with Crippen molar-refractivity contribution in [2.75, 3.05) is 24.6 Å². The van der Waals surface area contributed by atoms with Gasteiger partial charge in [0.15, 0.2) is 6.10 Å². The highest BCUT2D eigenvalue weighted by atomic mass is 32.2. The normalized spacial score (nSPS) is 25.0. The Morgan fingerprint density at radius 1 is 1.21 bits per heavy atom. The van der Waals surface area contributed by atoms with Crippen molar-refractivity contribution >= 4 is 47.5 Å². The van der Waals surface area contributed by atoms with Gasteiger partial charge in [-0.3, -0.25) is 14.4 Å². The number of thioether (sulfide) groups is 2. The number of aliphatic hydroxyl groups excluding tert-OH is 1. The smallest absolute Gasteiger partial charge is 0.251 e. The number of amides is 3. The Morgan fingerprint density at radius 2 is 1.88 bits per heavy atom. The van der Waals surface area contributed by atoms with Crippen LogP contribution in [-0.4, -0.2) is 86.9 Å². The van der Waals surface area contributed by atoms with Gasteiger partial charge < -0.3 is 31.2 Å². The summed E-state index contributed by atoms with van der Waals surface area (Å²) in [5.41, 5.74) is 6.45. The van der Waals surface area contributed by atoms with Gasteiger partial charge in [0.25, 0.3) is 5.91 Å². The van der Waals surface area contributed by atoms with Crippen LogP contribution >= 0.6 is 23.5 Å². The molecule has 3 unspecified atom stereocenters. The highest BCUT2D eigenvalue weighted by Crippen LogP contribution is 2.52. The standard InChI is InChI=1S/C23H38N4O5S2/c1-2-6-16(19(29)21(31)25-9-10-28)26-20(30)17-13-23(33-11-12-34-23)14-27(17)22(32)18(24)15-7-4-3-5-8-15/h10,15-19,29H,2-9,11-14,24H2,1H3,(H,25,31)(H,26,30)/t16?,17-,18?,19?/m0/s1. The maximum atomic E-state index is 13.5. The Bertz CT molecular complexity index is 743. The average Bonchev–Trinajstić information content (AvgIpc) is 3.48. The molecule has 1 spiro atoms. The van der Waals surface area contributed by atoms with E-state index in [0.29, 0.717) is 32.1 Å². The number of carbonyl (C=O) groups is 4. The second-order valence-electron chi connectivity index (χ2n) is 9.48. The van der Waals surface area contributed by atoms with Crippen molar-refractivity contribution in [1.82, 2.24) is 15.5 Å². The minimum absolute atomic E-state index is 0.140. The molecule has 192 valence electrons. The average molecular weight is 515 g/mol. The van der Waals surface area contributed by atoms with Crippen molar-refractivity contribution in [2.45, 2.75) is 86.6 Å². The lowest BCUT2D eigenvalue weighted by molar-refractivity contribution is -0.142. The topological polar surface area (TPSA) is 142 Å². The second-order valence-corrected chi connectivity index (χ2v) is 12.7. The Labute approximate surface area is 210 Å². The van der Waals surface area contributed by atoms with E-state index >= 15 is 0 Å². The summed E-state index contributed by atoms with van der Waals surface area (Å²) >= 11 is 3.59. The van der Waals surface area contributed by atoms with Crippen molar-refractivity contribution in [2.24, 2.45) is 11.7 Å². The van der Waals surface area contributed by atoms with Gasteiger partial charge in [-0.15, -0.1) is 23.5 Å². The summed E-state index contributed by atoms with van der Waals surface area (Å²) in [5.74, 6) is 0.848. The van der Waals surface area contributed by atoms with Gasteiger partial charge in [-0.25, -0.2) is 0 Å². The number of hydrogen-bond donors (Lipinski definition) is 4. The number of rotatable bonds is 10.